The minimum absolute atomic E-state index is 0.299. The smallest absolute Gasteiger partial charge is 0.316 e. The Morgan fingerprint density at radius 2 is 2.06 bits per heavy atom. The highest BCUT2D eigenvalue weighted by atomic mass is 79.9. The molecule has 1 unspecified atom stereocenters. The van der Waals surface area contributed by atoms with Crippen molar-refractivity contribution in [2.75, 3.05) is 19.6 Å². The van der Waals surface area contributed by atoms with Gasteiger partial charge >= 0.3 is 6.01 Å². The Morgan fingerprint density at radius 3 is 2.88 bits per heavy atom. The quantitative estimate of drug-likeness (QED) is 0.838. The number of aromatic nitrogens is 2. The maximum Gasteiger partial charge on any atom is 0.316 e. The predicted octanol–water partition coefficient (Wildman–Crippen LogP) is 2.10. The number of piperidine rings is 2. The molecule has 5 heteroatoms. The van der Waals surface area contributed by atoms with E-state index in [4.69, 9.17) is 4.74 Å². The number of ether oxygens (including phenoxy) is 1. The Balaban J connectivity index is 1.66. The van der Waals surface area contributed by atoms with E-state index in [1.54, 1.807) is 12.4 Å². The number of hydrogen-bond acceptors (Lipinski definition) is 4. The van der Waals surface area contributed by atoms with Gasteiger partial charge < -0.3 is 9.64 Å². The molecule has 0 amide bonds. The summed E-state index contributed by atoms with van der Waals surface area (Å²) in [6, 6.07) is 0.511. The van der Waals surface area contributed by atoms with Crippen LogP contribution in [-0.4, -0.2) is 40.6 Å². The average molecular weight is 298 g/mol. The fourth-order valence-corrected chi connectivity index (χ4v) is 3.00. The molecule has 2 bridgehead atoms. The fourth-order valence-electron chi connectivity index (χ4n) is 2.80. The zero-order valence-electron chi connectivity index (χ0n) is 9.68. The first-order chi connectivity index (χ1) is 8.31. The van der Waals surface area contributed by atoms with E-state index >= 15 is 0 Å². The topological polar surface area (TPSA) is 38.2 Å². The van der Waals surface area contributed by atoms with Crippen LogP contribution in [0.5, 0.6) is 6.01 Å². The lowest BCUT2D eigenvalue weighted by atomic mass is 9.87. The standard InChI is InChI=1S/C12H16BrN3O/c13-10-6-14-12(15-7-10)17-11-3-5-16-4-1-2-9(11)8-16/h6-7,9,11H,1-5,8H2/t9-,11+/m1/s1. The third-order valence-corrected chi connectivity index (χ3v) is 4.06. The lowest BCUT2D eigenvalue weighted by Gasteiger charge is -2.41. The lowest BCUT2D eigenvalue weighted by molar-refractivity contribution is 0.0102. The molecule has 3 atom stereocenters. The SMILES string of the molecule is Brc1cnc(O[C@H]2CCN3CCC[C@@H]2C3)nc1. The summed E-state index contributed by atoms with van der Waals surface area (Å²) in [4.78, 5) is 10.9. The monoisotopic (exact) mass is 297 g/mol. The summed E-state index contributed by atoms with van der Waals surface area (Å²) < 4.78 is 6.81. The number of halogens is 1. The van der Waals surface area contributed by atoms with Crippen molar-refractivity contribution in [1.82, 2.24) is 14.9 Å². The summed E-state index contributed by atoms with van der Waals surface area (Å²) in [5, 5.41) is 0. The van der Waals surface area contributed by atoms with E-state index in [9.17, 15) is 0 Å². The number of nitrogens with zero attached hydrogens (tertiary/aromatic N) is 3. The summed E-state index contributed by atoms with van der Waals surface area (Å²) in [6.45, 7) is 3.59. The van der Waals surface area contributed by atoms with Gasteiger partial charge in [0.05, 0.1) is 4.47 Å². The largest absolute Gasteiger partial charge is 0.460 e. The van der Waals surface area contributed by atoms with Gasteiger partial charge in [0.15, 0.2) is 0 Å². The summed E-state index contributed by atoms with van der Waals surface area (Å²) in [7, 11) is 0. The summed E-state index contributed by atoms with van der Waals surface area (Å²) in [5.41, 5.74) is 0. The van der Waals surface area contributed by atoms with Crippen LogP contribution in [0.25, 0.3) is 0 Å². The van der Waals surface area contributed by atoms with Gasteiger partial charge in [0, 0.05) is 31.4 Å². The molecule has 92 valence electrons. The van der Waals surface area contributed by atoms with Gasteiger partial charge in [0.1, 0.15) is 6.10 Å². The van der Waals surface area contributed by atoms with Crippen LogP contribution in [0.4, 0.5) is 0 Å². The van der Waals surface area contributed by atoms with Gasteiger partial charge in [0.25, 0.3) is 0 Å². The van der Waals surface area contributed by atoms with Crippen molar-refractivity contribution in [2.24, 2.45) is 5.92 Å². The van der Waals surface area contributed by atoms with E-state index in [1.807, 2.05) is 0 Å². The van der Waals surface area contributed by atoms with Gasteiger partial charge in [-0.1, -0.05) is 0 Å². The number of hydrogen-bond donors (Lipinski definition) is 0. The summed E-state index contributed by atoms with van der Waals surface area (Å²) in [5.74, 6) is 0.657. The van der Waals surface area contributed by atoms with E-state index in [2.05, 4.69) is 30.8 Å². The van der Waals surface area contributed by atoms with E-state index in [1.165, 1.54) is 25.9 Å². The van der Waals surface area contributed by atoms with E-state index in [0.717, 1.165) is 17.4 Å². The first kappa shape index (κ1) is 11.4. The molecule has 0 spiro atoms. The molecular formula is C12H16BrN3O. The third kappa shape index (κ3) is 2.60. The van der Waals surface area contributed by atoms with Crippen molar-refractivity contribution >= 4 is 15.9 Å². The lowest BCUT2D eigenvalue weighted by Crippen LogP contribution is -2.49. The summed E-state index contributed by atoms with van der Waals surface area (Å²) >= 11 is 3.33. The minimum atomic E-state index is 0.299. The van der Waals surface area contributed by atoms with Crippen molar-refractivity contribution in [3.63, 3.8) is 0 Å². The Labute approximate surface area is 110 Å². The van der Waals surface area contributed by atoms with Crippen LogP contribution in [0.1, 0.15) is 19.3 Å². The Hall–Kier alpha value is -0.680. The number of fused-ring (bicyclic) bond motifs is 2. The molecule has 0 radical (unpaired) electrons. The van der Waals surface area contributed by atoms with Crippen LogP contribution in [0.15, 0.2) is 16.9 Å². The zero-order chi connectivity index (χ0) is 11.7. The zero-order valence-corrected chi connectivity index (χ0v) is 11.3. The van der Waals surface area contributed by atoms with Gasteiger partial charge in [-0.15, -0.1) is 0 Å². The van der Waals surface area contributed by atoms with Gasteiger partial charge in [-0.05, 0) is 41.7 Å². The molecule has 3 heterocycles. The molecule has 1 aromatic heterocycles. The molecule has 1 aromatic rings. The van der Waals surface area contributed by atoms with Crippen LogP contribution < -0.4 is 4.74 Å². The number of rotatable bonds is 2. The van der Waals surface area contributed by atoms with Crippen LogP contribution >= 0.6 is 15.9 Å². The highest BCUT2D eigenvalue weighted by molar-refractivity contribution is 9.10. The second-order valence-electron chi connectivity index (χ2n) is 4.83. The molecule has 2 aliphatic rings. The van der Waals surface area contributed by atoms with Gasteiger partial charge in [-0.3, -0.25) is 0 Å². The maximum atomic E-state index is 5.93. The molecule has 2 saturated heterocycles. The first-order valence-corrected chi connectivity index (χ1v) is 6.97. The Morgan fingerprint density at radius 1 is 1.24 bits per heavy atom. The Bertz CT molecular complexity index is 384. The average Bonchev–Trinajstić information content (AvgIpc) is 2.36. The first-order valence-electron chi connectivity index (χ1n) is 6.18. The van der Waals surface area contributed by atoms with Gasteiger partial charge in [0.2, 0.25) is 0 Å². The molecule has 0 N–H and O–H groups in total. The second-order valence-corrected chi connectivity index (χ2v) is 5.75. The third-order valence-electron chi connectivity index (χ3n) is 3.65. The Kier molecular flexibility index (Phi) is 3.29. The maximum absolute atomic E-state index is 5.93. The second kappa shape index (κ2) is 4.90. The molecule has 3 rings (SSSR count). The minimum Gasteiger partial charge on any atom is -0.460 e. The van der Waals surface area contributed by atoms with Crippen molar-refractivity contribution in [2.45, 2.75) is 25.4 Å². The predicted molar refractivity (Wildman–Crippen MR) is 67.9 cm³/mol. The molecule has 0 saturated carbocycles. The highest BCUT2D eigenvalue weighted by Gasteiger charge is 2.33. The van der Waals surface area contributed by atoms with Gasteiger partial charge in [-0.25, -0.2) is 9.97 Å². The van der Waals surface area contributed by atoms with E-state index < -0.39 is 0 Å². The summed E-state index contributed by atoms with van der Waals surface area (Å²) in [6.07, 6.45) is 7.44. The molecule has 0 aromatic carbocycles. The molecule has 0 aliphatic carbocycles. The van der Waals surface area contributed by atoms with Crippen molar-refractivity contribution in [3.8, 4) is 6.01 Å². The fraction of sp³-hybridized carbons (Fsp3) is 0.667. The van der Waals surface area contributed by atoms with E-state index in [-0.39, 0.29) is 0 Å². The molecular weight excluding hydrogens is 282 g/mol. The molecule has 2 fully saturated rings. The van der Waals surface area contributed by atoms with Crippen LogP contribution in [-0.2, 0) is 0 Å². The van der Waals surface area contributed by atoms with Crippen LogP contribution in [0.3, 0.4) is 0 Å². The van der Waals surface area contributed by atoms with Gasteiger partial charge in [-0.2, -0.15) is 0 Å². The highest BCUT2D eigenvalue weighted by Crippen LogP contribution is 2.28. The van der Waals surface area contributed by atoms with E-state index in [0.29, 0.717) is 18.0 Å². The molecule has 2 aliphatic heterocycles. The molecule has 17 heavy (non-hydrogen) atoms. The normalized spacial score (nSPS) is 32.2. The molecule has 4 nitrogen and oxygen atoms in total. The van der Waals surface area contributed by atoms with Crippen molar-refractivity contribution < 1.29 is 4.74 Å². The van der Waals surface area contributed by atoms with Crippen molar-refractivity contribution in [1.29, 1.82) is 0 Å². The van der Waals surface area contributed by atoms with Crippen LogP contribution in [0, 0.1) is 5.92 Å². The van der Waals surface area contributed by atoms with Crippen LogP contribution in [0.2, 0.25) is 0 Å². The van der Waals surface area contributed by atoms with Crippen molar-refractivity contribution in [3.05, 3.63) is 16.9 Å².